The lowest BCUT2D eigenvalue weighted by Gasteiger charge is -2.12. The van der Waals surface area contributed by atoms with Gasteiger partial charge in [-0.25, -0.2) is 4.39 Å². The molecule has 0 saturated carbocycles. The number of halogens is 1. The predicted molar refractivity (Wildman–Crippen MR) is 71.0 cm³/mol. The Morgan fingerprint density at radius 2 is 1.72 bits per heavy atom. The Morgan fingerprint density at radius 1 is 1.06 bits per heavy atom. The summed E-state index contributed by atoms with van der Waals surface area (Å²) in [4.78, 5) is 0. The molecule has 0 radical (unpaired) electrons. The van der Waals surface area contributed by atoms with Crippen molar-refractivity contribution in [3.63, 3.8) is 0 Å². The molecule has 1 nitrogen and oxygen atoms in total. The second kappa shape index (κ2) is 5.32. The van der Waals surface area contributed by atoms with Crippen molar-refractivity contribution in [2.24, 2.45) is 0 Å². The summed E-state index contributed by atoms with van der Waals surface area (Å²) < 4.78 is 13.2. The van der Waals surface area contributed by atoms with Gasteiger partial charge in [-0.15, -0.1) is 0 Å². The molecule has 0 aromatic heterocycles. The fourth-order valence-electron chi connectivity index (χ4n) is 1.94. The summed E-state index contributed by atoms with van der Waals surface area (Å²) in [7, 11) is 0. The van der Waals surface area contributed by atoms with Gasteiger partial charge in [0, 0.05) is 6.42 Å². The van der Waals surface area contributed by atoms with E-state index in [-0.39, 0.29) is 5.82 Å². The maximum atomic E-state index is 13.2. The van der Waals surface area contributed by atoms with Crippen LogP contribution in [-0.4, -0.2) is 5.11 Å². The van der Waals surface area contributed by atoms with Gasteiger partial charge in [0.15, 0.2) is 0 Å². The highest BCUT2D eigenvalue weighted by Gasteiger charge is 2.10. The molecule has 2 aromatic rings. The number of rotatable bonds is 3. The summed E-state index contributed by atoms with van der Waals surface area (Å²) in [6.45, 7) is 3.74. The molecule has 0 amide bonds. The van der Waals surface area contributed by atoms with Crippen molar-refractivity contribution in [2.45, 2.75) is 26.4 Å². The molecule has 0 spiro atoms. The third-order valence-corrected chi connectivity index (χ3v) is 3.12. The second-order valence-corrected chi connectivity index (χ2v) is 4.71. The van der Waals surface area contributed by atoms with Crippen molar-refractivity contribution in [1.82, 2.24) is 0 Å². The van der Waals surface area contributed by atoms with Gasteiger partial charge in [-0.2, -0.15) is 0 Å². The zero-order valence-corrected chi connectivity index (χ0v) is 10.7. The Hall–Kier alpha value is -1.67. The summed E-state index contributed by atoms with van der Waals surface area (Å²) in [6.07, 6.45) is -0.0438. The first-order chi connectivity index (χ1) is 8.56. The van der Waals surface area contributed by atoms with Crippen LogP contribution >= 0.6 is 0 Å². The number of hydrogen-bond acceptors (Lipinski definition) is 1. The number of aliphatic hydroxyl groups excluding tert-OH is 1. The molecule has 1 atom stereocenters. The van der Waals surface area contributed by atoms with Crippen LogP contribution in [0.25, 0.3) is 0 Å². The monoisotopic (exact) mass is 244 g/mol. The Morgan fingerprint density at radius 3 is 2.33 bits per heavy atom. The van der Waals surface area contributed by atoms with Gasteiger partial charge in [-0.05, 0) is 36.6 Å². The number of benzene rings is 2. The van der Waals surface area contributed by atoms with Gasteiger partial charge in [0.05, 0.1) is 6.10 Å². The minimum atomic E-state index is -0.591. The molecule has 2 rings (SSSR count). The highest BCUT2D eigenvalue weighted by atomic mass is 19.1. The maximum Gasteiger partial charge on any atom is 0.126 e. The van der Waals surface area contributed by atoms with Gasteiger partial charge in [-0.1, -0.05) is 42.0 Å². The molecule has 18 heavy (non-hydrogen) atoms. The van der Waals surface area contributed by atoms with Gasteiger partial charge in [-0.3, -0.25) is 0 Å². The van der Waals surface area contributed by atoms with E-state index < -0.39 is 6.10 Å². The molecule has 2 aromatic carbocycles. The molecule has 0 fully saturated rings. The summed E-state index contributed by atoms with van der Waals surface area (Å²) >= 11 is 0. The summed E-state index contributed by atoms with van der Waals surface area (Å²) in [5, 5.41) is 10.1. The van der Waals surface area contributed by atoms with Gasteiger partial charge in [0.2, 0.25) is 0 Å². The minimum absolute atomic E-state index is 0.235. The molecule has 1 N–H and O–H groups in total. The Labute approximate surface area is 107 Å². The van der Waals surface area contributed by atoms with Crippen molar-refractivity contribution in [1.29, 1.82) is 0 Å². The number of aliphatic hydroxyl groups is 1. The van der Waals surface area contributed by atoms with Crippen LogP contribution in [0.3, 0.4) is 0 Å². The lowest BCUT2D eigenvalue weighted by Crippen LogP contribution is -2.02. The van der Waals surface area contributed by atoms with Crippen molar-refractivity contribution in [3.8, 4) is 0 Å². The second-order valence-electron chi connectivity index (χ2n) is 4.71. The summed E-state index contributed by atoms with van der Waals surface area (Å²) in [5.74, 6) is -0.235. The molecule has 2 heteroatoms. The number of aryl methyl sites for hydroxylation is 2. The van der Waals surface area contributed by atoms with Crippen molar-refractivity contribution in [2.75, 3.05) is 0 Å². The lowest BCUT2D eigenvalue weighted by molar-refractivity contribution is 0.178. The molecule has 0 aliphatic rings. The molecule has 0 saturated heterocycles. The minimum Gasteiger partial charge on any atom is -0.388 e. The van der Waals surface area contributed by atoms with Crippen LogP contribution in [0.1, 0.15) is 28.4 Å². The predicted octanol–water partition coefficient (Wildman–Crippen LogP) is 3.72. The smallest absolute Gasteiger partial charge is 0.126 e. The molecule has 1 unspecified atom stereocenters. The SMILES string of the molecule is Cc1ccc(CC(O)c2ccc(F)c(C)c2)cc1. The van der Waals surface area contributed by atoms with E-state index in [1.165, 1.54) is 11.6 Å². The Balaban J connectivity index is 2.13. The third-order valence-electron chi connectivity index (χ3n) is 3.12. The van der Waals surface area contributed by atoms with Gasteiger partial charge in [0.25, 0.3) is 0 Å². The van der Waals surface area contributed by atoms with Gasteiger partial charge < -0.3 is 5.11 Å². The molecule has 0 aliphatic carbocycles. The first-order valence-electron chi connectivity index (χ1n) is 6.06. The average Bonchev–Trinajstić information content (AvgIpc) is 2.35. The first kappa shape index (κ1) is 12.8. The fourth-order valence-corrected chi connectivity index (χ4v) is 1.94. The average molecular weight is 244 g/mol. The Bertz CT molecular complexity index is 531. The van der Waals surface area contributed by atoms with Crippen LogP contribution in [-0.2, 0) is 6.42 Å². The zero-order valence-electron chi connectivity index (χ0n) is 10.7. The van der Waals surface area contributed by atoms with E-state index in [0.29, 0.717) is 12.0 Å². The van der Waals surface area contributed by atoms with E-state index >= 15 is 0 Å². The normalized spacial score (nSPS) is 12.4. The van der Waals surface area contributed by atoms with E-state index in [4.69, 9.17) is 0 Å². The highest BCUT2D eigenvalue weighted by Crippen LogP contribution is 2.20. The van der Waals surface area contributed by atoms with E-state index in [2.05, 4.69) is 0 Å². The molecular weight excluding hydrogens is 227 g/mol. The van der Waals surface area contributed by atoms with E-state index in [1.54, 1.807) is 19.1 Å². The van der Waals surface area contributed by atoms with Crippen LogP contribution in [0.5, 0.6) is 0 Å². The highest BCUT2D eigenvalue weighted by molar-refractivity contribution is 5.28. The van der Waals surface area contributed by atoms with Crippen LogP contribution in [0.15, 0.2) is 42.5 Å². The molecule has 0 aliphatic heterocycles. The quantitative estimate of drug-likeness (QED) is 0.872. The van der Waals surface area contributed by atoms with E-state index in [0.717, 1.165) is 11.1 Å². The van der Waals surface area contributed by atoms with E-state index in [1.807, 2.05) is 31.2 Å². The number of hydrogen-bond donors (Lipinski definition) is 1. The first-order valence-corrected chi connectivity index (χ1v) is 6.06. The largest absolute Gasteiger partial charge is 0.388 e. The van der Waals surface area contributed by atoms with Gasteiger partial charge >= 0.3 is 0 Å². The van der Waals surface area contributed by atoms with Crippen molar-refractivity contribution < 1.29 is 9.50 Å². The Kier molecular flexibility index (Phi) is 3.78. The molecule has 0 heterocycles. The molecule has 94 valence electrons. The van der Waals surface area contributed by atoms with Crippen LogP contribution < -0.4 is 0 Å². The third kappa shape index (κ3) is 2.96. The summed E-state index contributed by atoms with van der Waals surface area (Å²) in [6, 6.07) is 12.8. The van der Waals surface area contributed by atoms with Crippen LogP contribution in [0, 0.1) is 19.7 Å². The van der Waals surface area contributed by atoms with Crippen molar-refractivity contribution >= 4 is 0 Å². The van der Waals surface area contributed by atoms with Crippen molar-refractivity contribution in [3.05, 3.63) is 70.5 Å². The van der Waals surface area contributed by atoms with E-state index in [9.17, 15) is 9.50 Å². The standard InChI is InChI=1S/C16H17FO/c1-11-3-5-13(6-4-11)10-16(18)14-7-8-15(17)12(2)9-14/h3-9,16,18H,10H2,1-2H3. The fraction of sp³-hybridized carbons (Fsp3) is 0.250. The van der Waals surface area contributed by atoms with Gasteiger partial charge in [0.1, 0.15) is 5.82 Å². The van der Waals surface area contributed by atoms with Crippen LogP contribution in [0.2, 0.25) is 0 Å². The molecular formula is C16H17FO. The summed E-state index contributed by atoms with van der Waals surface area (Å²) in [5.41, 5.74) is 3.60. The lowest BCUT2D eigenvalue weighted by atomic mass is 9.99. The maximum absolute atomic E-state index is 13.2. The molecule has 0 bridgehead atoms. The topological polar surface area (TPSA) is 20.2 Å². The van der Waals surface area contributed by atoms with Crippen LogP contribution in [0.4, 0.5) is 4.39 Å². The zero-order chi connectivity index (χ0) is 13.1.